The fourth-order valence-corrected chi connectivity index (χ4v) is 11.3. The quantitative estimate of drug-likeness (QED) is 0.223. The average Bonchev–Trinajstić information content (AvgIpc) is 3.81. The fraction of sp³-hybridized carbons (Fsp3) is 0.854. The first-order valence-corrected chi connectivity index (χ1v) is 19.6. The van der Waals surface area contributed by atoms with Gasteiger partial charge in [0.25, 0.3) is 0 Å². The normalized spacial score (nSPS) is 42.9. The molecule has 0 aromatic carbocycles. The molecule has 0 amide bonds. The Bertz CT molecular complexity index is 935. The maximum Gasteiger partial charge on any atom is 0.00982 e. The predicted molar refractivity (Wildman–Crippen MR) is 185 cm³/mol. The van der Waals surface area contributed by atoms with E-state index in [4.69, 9.17) is 5.73 Å². The Morgan fingerprint density at radius 2 is 1.67 bits per heavy atom. The highest BCUT2D eigenvalue weighted by Gasteiger charge is 2.60. The number of rotatable bonds is 12. The molecule has 0 saturated heterocycles. The van der Waals surface area contributed by atoms with Gasteiger partial charge in [-0.2, -0.15) is 0 Å². The Hall–Kier alpha value is -0.860. The summed E-state index contributed by atoms with van der Waals surface area (Å²) in [7, 11) is 0. The minimum atomic E-state index is 0.537. The van der Waals surface area contributed by atoms with Gasteiger partial charge in [0.1, 0.15) is 0 Å². The number of nitrogens with one attached hydrogen (secondary N) is 1. The van der Waals surface area contributed by atoms with Crippen LogP contribution in [0.1, 0.15) is 136 Å². The van der Waals surface area contributed by atoms with Crippen LogP contribution in [-0.2, 0) is 0 Å². The molecule has 2 nitrogen and oxygen atoms in total. The summed E-state index contributed by atoms with van der Waals surface area (Å²) in [5.74, 6) is 8.58. The SMILES string of the molecule is CCC(CN)C(C)C/C=C/C1CCC(C2C=CC(C3(CNC4CCCC5CCCCC54)CC3C3C=CCCC3)CC2)CC1. The van der Waals surface area contributed by atoms with Crippen molar-refractivity contribution in [3.63, 3.8) is 0 Å². The molecular formula is C41H68N2. The molecule has 0 bridgehead atoms. The minimum Gasteiger partial charge on any atom is -0.330 e. The molecule has 0 aromatic rings. The van der Waals surface area contributed by atoms with E-state index in [1.165, 1.54) is 129 Å². The first kappa shape index (κ1) is 32.1. The van der Waals surface area contributed by atoms with E-state index >= 15 is 0 Å². The van der Waals surface area contributed by atoms with Gasteiger partial charge in [0.05, 0.1) is 0 Å². The highest BCUT2D eigenvalue weighted by Crippen LogP contribution is 2.64. The van der Waals surface area contributed by atoms with Gasteiger partial charge in [0.2, 0.25) is 0 Å². The van der Waals surface area contributed by atoms with Crippen molar-refractivity contribution in [1.82, 2.24) is 5.32 Å². The maximum absolute atomic E-state index is 5.99. The summed E-state index contributed by atoms with van der Waals surface area (Å²) in [5, 5.41) is 4.33. The topological polar surface area (TPSA) is 38.0 Å². The fourth-order valence-electron chi connectivity index (χ4n) is 11.3. The zero-order valence-electron chi connectivity index (χ0n) is 28.2. The van der Waals surface area contributed by atoms with Gasteiger partial charge in [-0.3, -0.25) is 0 Å². The zero-order valence-corrected chi connectivity index (χ0v) is 28.2. The van der Waals surface area contributed by atoms with Crippen LogP contribution in [0.3, 0.4) is 0 Å². The van der Waals surface area contributed by atoms with E-state index in [-0.39, 0.29) is 0 Å². The summed E-state index contributed by atoms with van der Waals surface area (Å²) >= 11 is 0. The predicted octanol–water partition coefficient (Wildman–Crippen LogP) is 10.3. The Morgan fingerprint density at radius 3 is 2.42 bits per heavy atom. The van der Waals surface area contributed by atoms with Crippen LogP contribution in [0, 0.1) is 64.6 Å². The van der Waals surface area contributed by atoms with Crippen LogP contribution in [0.2, 0.25) is 0 Å². The van der Waals surface area contributed by atoms with E-state index in [0.717, 1.165) is 59.9 Å². The summed E-state index contributed by atoms with van der Waals surface area (Å²) in [6, 6.07) is 0.806. The number of fused-ring (bicyclic) bond motifs is 1. The Labute approximate surface area is 266 Å². The molecule has 10 atom stereocenters. The molecule has 0 heterocycles. The van der Waals surface area contributed by atoms with E-state index in [9.17, 15) is 0 Å². The number of hydrogen-bond donors (Lipinski definition) is 2. The molecule has 0 radical (unpaired) electrons. The summed E-state index contributed by atoms with van der Waals surface area (Å²) < 4.78 is 0. The molecule has 3 N–H and O–H groups in total. The molecule has 242 valence electrons. The molecule has 10 unspecified atom stereocenters. The van der Waals surface area contributed by atoms with Gasteiger partial charge in [-0.1, -0.05) is 88.8 Å². The molecule has 0 aromatic heterocycles. The van der Waals surface area contributed by atoms with E-state index in [1.54, 1.807) is 0 Å². The molecule has 43 heavy (non-hydrogen) atoms. The van der Waals surface area contributed by atoms with Gasteiger partial charge in [0, 0.05) is 12.6 Å². The van der Waals surface area contributed by atoms with Crippen molar-refractivity contribution in [2.75, 3.05) is 13.1 Å². The van der Waals surface area contributed by atoms with Crippen LogP contribution in [0.5, 0.6) is 0 Å². The lowest BCUT2D eigenvalue weighted by atomic mass is 9.67. The molecule has 0 spiro atoms. The van der Waals surface area contributed by atoms with Crippen LogP contribution >= 0.6 is 0 Å². The van der Waals surface area contributed by atoms with Gasteiger partial charge in [-0.15, -0.1) is 0 Å². The van der Waals surface area contributed by atoms with Crippen molar-refractivity contribution in [2.45, 2.75) is 142 Å². The van der Waals surface area contributed by atoms with E-state index in [0.29, 0.717) is 17.3 Å². The summed E-state index contributed by atoms with van der Waals surface area (Å²) in [5.41, 5.74) is 6.53. The molecule has 2 heteroatoms. The zero-order chi connectivity index (χ0) is 29.6. The van der Waals surface area contributed by atoms with Gasteiger partial charge < -0.3 is 11.1 Å². The van der Waals surface area contributed by atoms with Crippen LogP contribution < -0.4 is 11.1 Å². The Balaban J connectivity index is 1.03. The second kappa shape index (κ2) is 15.2. The van der Waals surface area contributed by atoms with Gasteiger partial charge in [-0.25, -0.2) is 0 Å². The standard InChI is InChI=1S/C41H68N2/c1-3-32(28-42)30(2)11-9-12-31-19-21-33(22-20-31)34-23-25-37(26-24-34)41(27-39(41)36-14-5-4-6-15-36)29-43-40-18-10-16-35-13-7-8-17-38(35)40/h5,9,12,14,23,25,30-40,43H,3-4,6-8,10-11,13,15-22,24,26-29,42H2,1-2H3/b12-9+. The smallest absolute Gasteiger partial charge is 0.00982 e. The van der Waals surface area contributed by atoms with E-state index in [2.05, 4.69) is 55.6 Å². The Morgan fingerprint density at radius 1 is 0.837 bits per heavy atom. The van der Waals surface area contributed by atoms with Gasteiger partial charge in [-0.05, 0) is 155 Å². The molecule has 0 aliphatic heterocycles. The molecule has 4 saturated carbocycles. The lowest BCUT2D eigenvalue weighted by Crippen LogP contribution is -2.47. The maximum atomic E-state index is 5.99. The summed E-state index contributed by atoms with van der Waals surface area (Å²) in [4.78, 5) is 0. The largest absolute Gasteiger partial charge is 0.330 e. The first-order valence-electron chi connectivity index (χ1n) is 19.6. The molecule has 6 rings (SSSR count). The monoisotopic (exact) mass is 589 g/mol. The number of nitrogens with two attached hydrogens (primary N) is 1. The van der Waals surface area contributed by atoms with Crippen LogP contribution in [0.15, 0.2) is 36.5 Å². The van der Waals surface area contributed by atoms with Crippen molar-refractivity contribution < 1.29 is 0 Å². The van der Waals surface area contributed by atoms with Crippen molar-refractivity contribution in [2.24, 2.45) is 70.3 Å². The summed E-state index contributed by atoms with van der Waals surface area (Å²) in [6.45, 7) is 6.82. The minimum absolute atomic E-state index is 0.537. The van der Waals surface area contributed by atoms with Gasteiger partial charge in [0.15, 0.2) is 0 Å². The van der Waals surface area contributed by atoms with Crippen LogP contribution in [0.4, 0.5) is 0 Å². The Kier molecular flexibility index (Phi) is 11.3. The van der Waals surface area contributed by atoms with E-state index < -0.39 is 0 Å². The van der Waals surface area contributed by atoms with E-state index in [1.807, 2.05) is 0 Å². The van der Waals surface area contributed by atoms with Crippen molar-refractivity contribution >= 4 is 0 Å². The molecule has 4 fully saturated rings. The molecule has 6 aliphatic rings. The number of allylic oxidation sites excluding steroid dienone is 6. The number of hydrogen-bond acceptors (Lipinski definition) is 2. The van der Waals surface area contributed by atoms with Crippen molar-refractivity contribution in [1.29, 1.82) is 0 Å². The second-order valence-electron chi connectivity index (χ2n) is 16.6. The average molecular weight is 589 g/mol. The van der Waals surface area contributed by atoms with Crippen molar-refractivity contribution in [3.8, 4) is 0 Å². The van der Waals surface area contributed by atoms with Crippen molar-refractivity contribution in [3.05, 3.63) is 36.5 Å². The first-order chi connectivity index (χ1) is 21.1. The third-order valence-electron chi connectivity index (χ3n) is 14.4. The third kappa shape index (κ3) is 7.59. The highest BCUT2D eigenvalue weighted by molar-refractivity contribution is 5.19. The second-order valence-corrected chi connectivity index (χ2v) is 16.6. The highest BCUT2D eigenvalue weighted by atomic mass is 15.0. The molecular weight excluding hydrogens is 520 g/mol. The third-order valence-corrected chi connectivity index (χ3v) is 14.4. The lowest BCUT2D eigenvalue weighted by Gasteiger charge is -2.43. The lowest BCUT2D eigenvalue weighted by molar-refractivity contribution is 0.115. The van der Waals surface area contributed by atoms with Gasteiger partial charge >= 0.3 is 0 Å². The summed E-state index contributed by atoms with van der Waals surface area (Å²) in [6.07, 6.45) is 42.9. The molecule has 6 aliphatic carbocycles. The van der Waals surface area contributed by atoms with Crippen LogP contribution in [-0.4, -0.2) is 19.1 Å². The van der Waals surface area contributed by atoms with Crippen LogP contribution in [0.25, 0.3) is 0 Å².